The lowest BCUT2D eigenvalue weighted by atomic mass is 10.0. The van der Waals surface area contributed by atoms with Gasteiger partial charge in [0.15, 0.2) is 0 Å². The molecule has 148 valence electrons. The number of carbonyl (C=O) groups excluding carboxylic acids is 2. The topological polar surface area (TPSA) is 96.0 Å². The van der Waals surface area contributed by atoms with Gasteiger partial charge in [0.25, 0.3) is 5.91 Å². The standard InChI is InChI=1S/C23H19N5O2/c1-24-23(30)27-17-10-8-16(9-11-17)26-22(29)19-13-21(15-5-4-12-25-14-15)28-20-7-3-2-6-18(19)20/h2-14H,1H3,(H,26,29)(H2,24,27,30). The van der Waals surface area contributed by atoms with E-state index in [1.54, 1.807) is 49.8 Å². The number of benzene rings is 2. The molecule has 0 radical (unpaired) electrons. The average Bonchev–Trinajstić information content (AvgIpc) is 2.80. The number of pyridine rings is 2. The fourth-order valence-corrected chi connectivity index (χ4v) is 3.05. The van der Waals surface area contributed by atoms with Crippen LogP contribution in [0.4, 0.5) is 16.2 Å². The predicted octanol–water partition coefficient (Wildman–Crippen LogP) is 4.30. The monoisotopic (exact) mass is 397 g/mol. The molecule has 0 saturated carbocycles. The Labute approximate surface area is 173 Å². The number of carbonyl (C=O) groups is 2. The van der Waals surface area contributed by atoms with Gasteiger partial charge in [-0.05, 0) is 48.5 Å². The lowest BCUT2D eigenvalue weighted by Gasteiger charge is -2.11. The zero-order chi connectivity index (χ0) is 20.9. The summed E-state index contributed by atoms with van der Waals surface area (Å²) in [6.07, 6.45) is 3.41. The van der Waals surface area contributed by atoms with Crippen LogP contribution in [0.2, 0.25) is 0 Å². The van der Waals surface area contributed by atoms with E-state index in [2.05, 4.69) is 25.9 Å². The number of aromatic nitrogens is 2. The van der Waals surface area contributed by atoms with Gasteiger partial charge in [-0.1, -0.05) is 18.2 Å². The molecule has 0 aliphatic rings. The number of nitrogens with zero attached hydrogens (tertiary/aromatic N) is 2. The molecule has 2 heterocycles. The van der Waals surface area contributed by atoms with Crippen LogP contribution in [0.15, 0.2) is 79.1 Å². The van der Waals surface area contributed by atoms with E-state index in [0.717, 1.165) is 16.5 Å². The summed E-state index contributed by atoms with van der Waals surface area (Å²) in [6.45, 7) is 0. The summed E-state index contributed by atoms with van der Waals surface area (Å²) in [5.74, 6) is -0.245. The Morgan fingerprint density at radius 2 is 1.60 bits per heavy atom. The molecule has 2 aromatic carbocycles. The molecule has 3 N–H and O–H groups in total. The van der Waals surface area contributed by atoms with Crippen LogP contribution in [-0.2, 0) is 0 Å². The molecule has 7 heteroatoms. The molecule has 0 aliphatic heterocycles. The second kappa shape index (κ2) is 8.40. The minimum atomic E-state index is -0.307. The Morgan fingerprint density at radius 3 is 2.30 bits per heavy atom. The summed E-state index contributed by atoms with van der Waals surface area (Å²) < 4.78 is 0. The predicted molar refractivity (Wildman–Crippen MR) is 117 cm³/mol. The van der Waals surface area contributed by atoms with Gasteiger partial charge >= 0.3 is 6.03 Å². The van der Waals surface area contributed by atoms with Crippen LogP contribution in [0.1, 0.15) is 10.4 Å². The molecule has 0 atom stereocenters. The minimum Gasteiger partial charge on any atom is -0.341 e. The lowest BCUT2D eigenvalue weighted by molar-refractivity contribution is 0.102. The summed E-state index contributed by atoms with van der Waals surface area (Å²) in [5.41, 5.74) is 4.01. The fourth-order valence-electron chi connectivity index (χ4n) is 3.05. The summed E-state index contributed by atoms with van der Waals surface area (Å²) >= 11 is 0. The van der Waals surface area contributed by atoms with E-state index in [1.165, 1.54) is 0 Å². The Balaban J connectivity index is 1.65. The van der Waals surface area contributed by atoms with Crippen molar-refractivity contribution in [3.63, 3.8) is 0 Å². The molecule has 0 fully saturated rings. The average molecular weight is 397 g/mol. The van der Waals surface area contributed by atoms with Crippen LogP contribution in [0.3, 0.4) is 0 Å². The maximum Gasteiger partial charge on any atom is 0.318 e. The van der Waals surface area contributed by atoms with Crippen LogP contribution in [0.25, 0.3) is 22.2 Å². The quantitative estimate of drug-likeness (QED) is 0.478. The number of hydrogen-bond donors (Lipinski definition) is 3. The van der Waals surface area contributed by atoms with Gasteiger partial charge in [-0.2, -0.15) is 0 Å². The third kappa shape index (κ3) is 4.10. The SMILES string of the molecule is CNC(=O)Nc1ccc(NC(=O)c2cc(-c3cccnc3)nc3ccccc23)cc1. The van der Waals surface area contributed by atoms with E-state index in [-0.39, 0.29) is 11.9 Å². The molecule has 0 saturated heterocycles. The Bertz CT molecular complexity index is 1210. The zero-order valence-corrected chi connectivity index (χ0v) is 16.2. The Kier molecular flexibility index (Phi) is 5.34. The molecule has 0 aliphatic carbocycles. The van der Waals surface area contributed by atoms with Crippen LogP contribution in [0.5, 0.6) is 0 Å². The minimum absolute atomic E-state index is 0.245. The number of anilines is 2. The van der Waals surface area contributed by atoms with Crippen LogP contribution in [0, 0.1) is 0 Å². The molecule has 30 heavy (non-hydrogen) atoms. The van der Waals surface area contributed by atoms with Gasteiger partial charge in [0, 0.05) is 41.8 Å². The zero-order valence-electron chi connectivity index (χ0n) is 16.2. The highest BCUT2D eigenvalue weighted by molar-refractivity contribution is 6.13. The van der Waals surface area contributed by atoms with Crippen molar-refractivity contribution in [1.82, 2.24) is 15.3 Å². The van der Waals surface area contributed by atoms with Crippen LogP contribution < -0.4 is 16.0 Å². The molecule has 0 spiro atoms. The number of urea groups is 1. The first kappa shape index (κ1) is 19.1. The molecule has 3 amide bonds. The first-order valence-corrected chi connectivity index (χ1v) is 9.34. The van der Waals surface area contributed by atoms with Gasteiger partial charge in [0.1, 0.15) is 0 Å². The van der Waals surface area contributed by atoms with Crippen molar-refractivity contribution < 1.29 is 9.59 Å². The van der Waals surface area contributed by atoms with E-state index in [1.807, 2.05) is 36.4 Å². The Hall–Kier alpha value is -4.26. The maximum atomic E-state index is 13.1. The molecule has 0 bridgehead atoms. The normalized spacial score (nSPS) is 10.4. The van der Waals surface area contributed by atoms with E-state index in [4.69, 9.17) is 0 Å². The third-order valence-electron chi connectivity index (χ3n) is 4.55. The van der Waals surface area contributed by atoms with E-state index >= 15 is 0 Å². The number of rotatable bonds is 4. The molecule has 4 aromatic rings. The van der Waals surface area contributed by atoms with Gasteiger partial charge in [-0.25, -0.2) is 9.78 Å². The molecule has 2 aromatic heterocycles. The van der Waals surface area contributed by atoms with E-state index < -0.39 is 0 Å². The van der Waals surface area contributed by atoms with Crippen molar-refractivity contribution in [2.45, 2.75) is 0 Å². The van der Waals surface area contributed by atoms with Gasteiger partial charge in [-0.15, -0.1) is 0 Å². The van der Waals surface area contributed by atoms with Crippen molar-refractivity contribution in [1.29, 1.82) is 0 Å². The summed E-state index contributed by atoms with van der Waals surface area (Å²) in [7, 11) is 1.54. The second-order valence-electron chi connectivity index (χ2n) is 6.55. The molecular formula is C23H19N5O2. The first-order valence-electron chi connectivity index (χ1n) is 9.34. The van der Waals surface area contributed by atoms with Crippen molar-refractivity contribution in [3.8, 4) is 11.3 Å². The molecular weight excluding hydrogens is 378 g/mol. The molecule has 7 nitrogen and oxygen atoms in total. The molecule has 4 rings (SSSR count). The van der Waals surface area contributed by atoms with Crippen LogP contribution in [-0.4, -0.2) is 29.0 Å². The van der Waals surface area contributed by atoms with E-state index in [0.29, 0.717) is 22.6 Å². The summed E-state index contributed by atoms with van der Waals surface area (Å²) in [5, 5.41) is 8.84. The highest BCUT2D eigenvalue weighted by atomic mass is 16.2. The Morgan fingerprint density at radius 1 is 0.867 bits per heavy atom. The van der Waals surface area contributed by atoms with Crippen molar-refractivity contribution in [2.75, 3.05) is 17.7 Å². The van der Waals surface area contributed by atoms with Crippen molar-refractivity contribution in [3.05, 3.63) is 84.7 Å². The second-order valence-corrected chi connectivity index (χ2v) is 6.55. The largest absolute Gasteiger partial charge is 0.341 e. The lowest BCUT2D eigenvalue weighted by Crippen LogP contribution is -2.24. The summed E-state index contributed by atoms with van der Waals surface area (Å²) in [6, 6.07) is 19.6. The van der Waals surface area contributed by atoms with Crippen molar-refractivity contribution >= 4 is 34.2 Å². The molecule has 0 unspecified atom stereocenters. The highest BCUT2D eigenvalue weighted by Gasteiger charge is 2.14. The number of nitrogens with one attached hydrogen (secondary N) is 3. The summed E-state index contributed by atoms with van der Waals surface area (Å²) in [4.78, 5) is 33.3. The maximum absolute atomic E-state index is 13.1. The highest BCUT2D eigenvalue weighted by Crippen LogP contribution is 2.25. The number of amides is 3. The third-order valence-corrected chi connectivity index (χ3v) is 4.55. The van der Waals surface area contributed by atoms with Gasteiger partial charge in [-0.3, -0.25) is 9.78 Å². The smallest absolute Gasteiger partial charge is 0.318 e. The van der Waals surface area contributed by atoms with Gasteiger partial charge < -0.3 is 16.0 Å². The van der Waals surface area contributed by atoms with Gasteiger partial charge in [0.2, 0.25) is 0 Å². The van der Waals surface area contributed by atoms with E-state index in [9.17, 15) is 9.59 Å². The number of fused-ring (bicyclic) bond motifs is 1. The first-order chi connectivity index (χ1) is 14.6. The van der Waals surface area contributed by atoms with Crippen molar-refractivity contribution in [2.24, 2.45) is 0 Å². The number of para-hydroxylation sites is 1. The van der Waals surface area contributed by atoms with Gasteiger partial charge in [0.05, 0.1) is 16.8 Å². The fraction of sp³-hybridized carbons (Fsp3) is 0.0435. The van der Waals surface area contributed by atoms with Crippen LogP contribution >= 0.6 is 0 Å². The number of hydrogen-bond acceptors (Lipinski definition) is 4.